The average Bonchev–Trinajstić information content (AvgIpc) is 2.99. The van der Waals surface area contributed by atoms with Gasteiger partial charge in [-0.3, -0.25) is 4.90 Å². The van der Waals surface area contributed by atoms with Crippen molar-refractivity contribution in [3.05, 3.63) is 0 Å². The molecule has 1 aliphatic rings. The molecule has 0 aliphatic carbocycles. The smallest absolute Gasteiger partial charge is 0.0224 e. The lowest BCUT2D eigenvalue weighted by Crippen LogP contribution is -2.59. The third-order valence-corrected chi connectivity index (χ3v) is 10.5. The maximum absolute atomic E-state index is 3.01. The summed E-state index contributed by atoms with van der Waals surface area (Å²) >= 11 is 0. The molecule has 1 aliphatic heterocycles. The lowest BCUT2D eigenvalue weighted by atomic mass is 9.89. The zero-order valence-electron chi connectivity index (χ0n) is 29.7. The highest BCUT2D eigenvalue weighted by atomic mass is 15.3. The molecule has 0 aromatic rings. The Labute approximate surface area is 261 Å². The van der Waals surface area contributed by atoms with E-state index < -0.39 is 0 Å². The van der Waals surface area contributed by atoms with Gasteiger partial charge in [-0.05, 0) is 50.5 Å². The lowest BCUT2D eigenvalue weighted by molar-refractivity contribution is 0.00587. The second-order valence-corrected chi connectivity index (χ2v) is 14.2. The van der Waals surface area contributed by atoms with E-state index in [1.54, 1.807) is 0 Å². The molecule has 0 spiro atoms. The van der Waals surface area contributed by atoms with Gasteiger partial charge >= 0.3 is 0 Å². The molecule has 0 aromatic heterocycles. The summed E-state index contributed by atoms with van der Waals surface area (Å²) in [5.41, 5.74) is 0. The molecule has 4 atom stereocenters. The van der Waals surface area contributed by atoms with Crippen LogP contribution < -0.4 is 0 Å². The van der Waals surface area contributed by atoms with Gasteiger partial charge in [0.15, 0.2) is 0 Å². The van der Waals surface area contributed by atoms with Crippen molar-refractivity contribution >= 4 is 0 Å². The molecule has 41 heavy (non-hydrogen) atoms. The molecule has 0 N–H and O–H groups in total. The number of nitrogens with zero attached hydrogens (tertiary/aromatic N) is 2. The molecule has 0 amide bonds. The van der Waals surface area contributed by atoms with Crippen LogP contribution in [0.5, 0.6) is 0 Å². The standard InChI is InChI=1S/C39H80N2/c1-7-13-17-20-24-28-36(27-22-18-14-8-2)29-25-26-32-40-34-38(11-5)41(39(12-6)35-40)33-37(30-21-16-10-4)31-23-19-15-9-3/h36-39H,7-35H2,1-6H3/t36?,37?,38-,39+. The molecule has 1 fully saturated rings. The Kier molecular flexibility index (Phi) is 26.1. The van der Waals surface area contributed by atoms with E-state index in [0.717, 1.165) is 23.9 Å². The maximum atomic E-state index is 3.01. The van der Waals surface area contributed by atoms with Gasteiger partial charge in [-0.2, -0.15) is 0 Å². The minimum atomic E-state index is 0.771. The van der Waals surface area contributed by atoms with Crippen LogP contribution in [0.25, 0.3) is 0 Å². The van der Waals surface area contributed by atoms with Crippen molar-refractivity contribution < 1.29 is 0 Å². The van der Waals surface area contributed by atoms with Crippen LogP contribution in [0.4, 0.5) is 0 Å². The molecule has 1 heterocycles. The predicted octanol–water partition coefficient (Wildman–Crippen LogP) is 12.4. The summed E-state index contributed by atoms with van der Waals surface area (Å²) in [6.07, 6.45) is 35.8. The summed E-state index contributed by atoms with van der Waals surface area (Å²) < 4.78 is 0. The topological polar surface area (TPSA) is 6.48 Å². The van der Waals surface area contributed by atoms with Crippen LogP contribution in [0, 0.1) is 11.8 Å². The Balaban J connectivity index is 2.57. The maximum Gasteiger partial charge on any atom is 0.0224 e. The fourth-order valence-corrected chi connectivity index (χ4v) is 7.65. The molecule has 246 valence electrons. The average molecular weight is 577 g/mol. The molecule has 2 nitrogen and oxygen atoms in total. The highest BCUT2D eigenvalue weighted by molar-refractivity contribution is 4.89. The molecule has 0 radical (unpaired) electrons. The van der Waals surface area contributed by atoms with Crippen LogP contribution in [-0.4, -0.2) is 48.1 Å². The third-order valence-electron chi connectivity index (χ3n) is 10.5. The van der Waals surface area contributed by atoms with Gasteiger partial charge in [0.2, 0.25) is 0 Å². The van der Waals surface area contributed by atoms with Gasteiger partial charge in [-0.1, -0.05) is 170 Å². The Morgan fingerprint density at radius 1 is 0.439 bits per heavy atom. The molecule has 0 bridgehead atoms. The number of rotatable bonds is 29. The van der Waals surface area contributed by atoms with Gasteiger partial charge in [0.25, 0.3) is 0 Å². The first kappa shape index (κ1) is 38.9. The predicted molar refractivity (Wildman–Crippen MR) is 187 cm³/mol. The van der Waals surface area contributed by atoms with Crippen molar-refractivity contribution in [1.29, 1.82) is 0 Å². The Morgan fingerprint density at radius 2 is 0.805 bits per heavy atom. The van der Waals surface area contributed by atoms with Crippen molar-refractivity contribution in [1.82, 2.24) is 9.80 Å². The number of unbranched alkanes of at least 4 members (excludes halogenated alkanes) is 13. The van der Waals surface area contributed by atoms with Crippen molar-refractivity contribution in [2.75, 3.05) is 26.2 Å². The second-order valence-electron chi connectivity index (χ2n) is 14.2. The zero-order chi connectivity index (χ0) is 30.0. The van der Waals surface area contributed by atoms with Crippen molar-refractivity contribution in [3.63, 3.8) is 0 Å². The van der Waals surface area contributed by atoms with Crippen molar-refractivity contribution in [2.24, 2.45) is 11.8 Å². The van der Waals surface area contributed by atoms with Crippen LogP contribution >= 0.6 is 0 Å². The minimum Gasteiger partial charge on any atom is -0.300 e. The summed E-state index contributed by atoms with van der Waals surface area (Å²) in [7, 11) is 0. The van der Waals surface area contributed by atoms with Crippen LogP contribution in [0.15, 0.2) is 0 Å². The molecule has 2 unspecified atom stereocenters. The van der Waals surface area contributed by atoms with Crippen LogP contribution in [0.1, 0.15) is 202 Å². The van der Waals surface area contributed by atoms with Gasteiger partial charge in [0.1, 0.15) is 0 Å². The SMILES string of the molecule is CCCCCCCC(CCCCCC)CCCCN1C[C@@H](CC)N(CC(CCCCC)CCCCCC)[C@@H](CC)C1. The second kappa shape index (κ2) is 27.5. The van der Waals surface area contributed by atoms with Crippen LogP contribution in [-0.2, 0) is 0 Å². The zero-order valence-corrected chi connectivity index (χ0v) is 29.7. The molecular weight excluding hydrogens is 496 g/mol. The van der Waals surface area contributed by atoms with E-state index in [1.807, 2.05) is 0 Å². The molecule has 1 saturated heterocycles. The van der Waals surface area contributed by atoms with Crippen molar-refractivity contribution in [3.8, 4) is 0 Å². The Hall–Kier alpha value is -0.0800. The fourth-order valence-electron chi connectivity index (χ4n) is 7.65. The third kappa shape index (κ3) is 19.0. The number of piperazine rings is 1. The fraction of sp³-hybridized carbons (Fsp3) is 1.00. The number of hydrogen-bond acceptors (Lipinski definition) is 2. The van der Waals surface area contributed by atoms with Gasteiger partial charge in [-0.15, -0.1) is 0 Å². The monoisotopic (exact) mass is 577 g/mol. The van der Waals surface area contributed by atoms with Crippen molar-refractivity contribution in [2.45, 2.75) is 214 Å². The summed E-state index contributed by atoms with van der Waals surface area (Å²) in [5, 5.41) is 0. The Morgan fingerprint density at radius 3 is 1.27 bits per heavy atom. The first-order chi connectivity index (χ1) is 20.1. The number of hydrogen-bond donors (Lipinski definition) is 0. The first-order valence-electron chi connectivity index (χ1n) is 19.6. The summed E-state index contributed by atoms with van der Waals surface area (Å²) in [6.45, 7) is 19.7. The van der Waals surface area contributed by atoms with E-state index in [0.29, 0.717) is 0 Å². The van der Waals surface area contributed by atoms with Gasteiger partial charge in [0.05, 0.1) is 0 Å². The quantitative estimate of drug-likeness (QED) is 0.0817. The normalized spacial score (nSPS) is 20.0. The highest BCUT2D eigenvalue weighted by Crippen LogP contribution is 2.28. The minimum absolute atomic E-state index is 0.771. The summed E-state index contributed by atoms with van der Waals surface area (Å²) in [6, 6.07) is 1.54. The van der Waals surface area contributed by atoms with E-state index in [1.165, 1.54) is 187 Å². The van der Waals surface area contributed by atoms with E-state index in [4.69, 9.17) is 0 Å². The summed E-state index contributed by atoms with van der Waals surface area (Å²) in [4.78, 5) is 5.89. The largest absolute Gasteiger partial charge is 0.300 e. The highest BCUT2D eigenvalue weighted by Gasteiger charge is 2.33. The van der Waals surface area contributed by atoms with E-state index in [9.17, 15) is 0 Å². The lowest BCUT2D eigenvalue weighted by Gasteiger charge is -2.48. The van der Waals surface area contributed by atoms with E-state index >= 15 is 0 Å². The van der Waals surface area contributed by atoms with Crippen LogP contribution in [0.3, 0.4) is 0 Å². The first-order valence-corrected chi connectivity index (χ1v) is 19.6. The van der Waals surface area contributed by atoms with Gasteiger partial charge in [0, 0.05) is 31.7 Å². The van der Waals surface area contributed by atoms with Crippen LogP contribution in [0.2, 0.25) is 0 Å². The summed E-state index contributed by atoms with van der Waals surface area (Å²) in [5.74, 6) is 1.92. The molecular formula is C39H80N2. The Bertz CT molecular complexity index is 520. The molecule has 1 rings (SSSR count). The molecule has 0 saturated carbocycles. The molecule has 0 aromatic carbocycles. The van der Waals surface area contributed by atoms with E-state index in [2.05, 4.69) is 51.3 Å². The van der Waals surface area contributed by atoms with Gasteiger partial charge < -0.3 is 4.90 Å². The van der Waals surface area contributed by atoms with E-state index in [-0.39, 0.29) is 0 Å². The van der Waals surface area contributed by atoms with Gasteiger partial charge in [-0.25, -0.2) is 0 Å². The molecule has 2 heteroatoms.